The first-order chi connectivity index (χ1) is 32.2. The summed E-state index contributed by atoms with van der Waals surface area (Å²) in [6.07, 6.45) is 0. The van der Waals surface area contributed by atoms with Gasteiger partial charge in [-0.1, -0.05) is 176 Å². The van der Waals surface area contributed by atoms with E-state index >= 15 is 0 Å². The maximum atomic E-state index is 6.45. The van der Waals surface area contributed by atoms with Crippen LogP contribution in [0, 0.1) is 0 Å². The summed E-state index contributed by atoms with van der Waals surface area (Å²) in [4.78, 5) is 2.39. The Kier molecular flexibility index (Phi) is 8.53. The number of benzene rings is 11. The van der Waals surface area contributed by atoms with E-state index in [2.05, 4.69) is 240 Å². The smallest absolute Gasteiger partial charge is 0.143 e. The second-order valence-electron chi connectivity index (χ2n) is 16.9. The summed E-state index contributed by atoms with van der Waals surface area (Å²) in [6, 6.07) is 87.8. The largest absolute Gasteiger partial charge is 0.455 e. The van der Waals surface area contributed by atoms with E-state index in [0.717, 1.165) is 72.5 Å². The van der Waals surface area contributed by atoms with Crippen LogP contribution in [0.5, 0.6) is 0 Å². The number of anilines is 3. The molecule has 0 radical (unpaired) electrons. The first kappa shape index (κ1) is 36.9. The monoisotopic (exact) mass is 828 g/mol. The van der Waals surface area contributed by atoms with Crippen molar-refractivity contribution in [1.29, 1.82) is 0 Å². The molecule has 2 heterocycles. The van der Waals surface area contributed by atoms with Crippen molar-refractivity contribution in [3.63, 3.8) is 0 Å². The predicted octanol–water partition coefficient (Wildman–Crippen LogP) is 17.5. The van der Waals surface area contributed by atoms with Crippen molar-refractivity contribution in [1.82, 2.24) is 4.57 Å². The van der Waals surface area contributed by atoms with E-state index in [1.165, 1.54) is 48.9 Å². The summed E-state index contributed by atoms with van der Waals surface area (Å²) in [5.74, 6) is 0. The van der Waals surface area contributed by atoms with Crippen LogP contribution in [0.25, 0.3) is 104 Å². The lowest BCUT2D eigenvalue weighted by Crippen LogP contribution is -2.10. The van der Waals surface area contributed by atoms with Gasteiger partial charge in [0.1, 0.15) is 11.2 Å². The highest BCUT2D eigenvalue weighted by Gasteiger charge is 2.19. The van der Waals surface area contributed by atoms with Crippen molar-refractivity contribution in [2.24, 2.45) is 0 Å². The molecule has 2 aromatic heterocycles. The van der Waals surface area contributed by atoms with E-state index in [-0.39, 0.29) is 0 Å². The molecule has 0 spiro atoms. The first-order valence-electron chi connectivity index (χ1n) is 22.2. The minimum atomic E-state index is 0.906. The summed E-state index contributed by atoms with van der Waals surface area (Å²) in [5.41, 5.74) is 15.4. The van der Waals surface area contributed by atoms with Crippen molar-refractivity contribution in [2.45, 2.75) is 0 Å². The molecule has 0 N–H and O–H groups in total. The van der Waals surface area contributed by atoms with Crippen LogP contribution in [0.15, 0.2) is 247 Å². The third-order valence-electron chi connectivity index (χ3n) is 13.2. The summed E-state index contributed by atoms with van der Waals surface area (Å²) >= 11 is 0. The zero-order valence-electron chi connectivity index (χ0n) is 35.4. The fourth-order valence-corrected chi connectivity index (χ4v) is 10.1. The Morgan fingerprint density at radius 1 is 0.308 bits per heavy atom. The molecule has 65 heavy (non-hydrogen) atoms. The van der Waals surface area contributed by atoms with Gasteiger partial charge in [-0.2, -0.15) is 0 Å². The molecular formula is C62H40N2O. The zero-order chi connectivity index (χ0) is 42.8. The average Bonchev–Trinajstić information content (AvgIpc) is 3.93. The van der Waals surface area contributed by atoms with Gasteiger partial charge in [0.25, 0.3) is 0 Å². The lowest BCUT2D eigenvalue weighted by molar-refractivity contribution is 0.670. The van der Waals surface area contributed by atoms with Gasteiger partial charge in [0, 0.05) is 49.7 Å². The highest BCUT2D eigenvalue weighted by atomic mass is 16.3. The molecule has 13 rings (SSSR count). The molecule has 0 saturated heterocycles. The highest BCUT2D eigenvalue weighted by Crippen LogP contribution is 2.43. The number of fused-ring (bicyclic) bond motifs is 9. The van der Waals surface area contributed by atoms with Crippen LogP contribution in [0.3, 0.4) is 0 Å². The fraction of sp³-hybridized carbons (Fsp3) is 0. The summed E-state index contributed by atoms with van der Waals surface area (Å²) in [5, 5.41) is 9.72. The van der Waals surface area contributed by atoms with Gasteiger partial charge in [0.05, 0.1) is 16.7 Å². The van der Waals surface area contributed by atoms with E-state index < -0.39 is 0 Å². The van der Waals surface area contributed by atoms with Crippen molar-refractivity contribution in [3.8, 4) is 39.1 Å². The zero-order valence-corrected chi connectivity index (χ0v) is 35.4. The molecule has 11 aromatic carbocycles. The molecule has 304 valence electrons. The van der Waals surface area contributed by atoms with E-state index in [0.29, 0.717) is 0 Å². The third-order valence-corrected chi connectivity index (χ3v) is 13.2. The number of para-hydroxylation sites is 5. The van der Waals surface area contributed by atoms with Crippen LogP contribution in [0.1, 0.15) is 0 Å². The molecule has 0 fully saturated rings. The van der Waals surface area contributed by atoms with Gasteiger partial charge in [-0.3, -0.25) is 0 Å². The fourth-order valence-electron chi connectivity index (χ4n) is 10.1. The normalized spacial score (nSPS) is 11.7. The average molecular weight is 829 g/mol. The van der Waals surface area contributed by atoms with Gasteiger partial charge in [-0.15, -0.1) is 0 Å². The molecule has 0 saturated carbocycles. The standard InChI is InChI=1S/C62H40N2O/c1-2-19-50-42(14-1)30-31-46-40-49(36-37-51(46)50)63(47-34-32-41(33-35-47)43-15-11-16-44(38-43)53-24-13-25-57-56-23-6-10-29-61(56)65-62(53)57)48-18-12-17-45(39-48)52-20-3-7-26-58(52)64-59-27-8-4-21-54(59)55-22-5-9-28-60(55)64/h1-40H. The lowest BCUT2D eigenvalue weighted by Gasteiger charge is -2.27. The van der Waals surface area contributed by atoms with Crippen molar-refractivity contribution < 1.29 is 4.42 Å². The Morgan fingerprint density at radius 3 is 1.71 bits per heavy atom. The molecular weight excluding hydrogens is 789 g/mol. The van der Waals surface area contributed by atoms with E-state index in [4.69, 9.17) is 4.42 Å². The van der Waals surface area contributed by atoms with E-state index in [1.54, 1.807) is 0 Å². The van der Waals surface area contributed by atoms with E-state index in [9.17, 15) is 0 Å². The SMILES string of the molecule is c1cc(-c2ccc(N(c3cccc(-c4ccccc4-n4c5ccccc5c5ccccc54)c3)c3ccc4c(ccc5ccccc54)c3)cc2)cc(-c2cccc3c2oc2ccccc23)c1. The van der Waals surface area contributed by atoms with Crippen molar-refractivity contribution >= 4 is 82.4 Å². The molecule has 0 aliphatic heterocycles. The number of furan rings is 1. The molecule has 3 nitrogen and oxygen atoms in total. The van der Waals surface area contributed by atoms with Crippen LogP contribution in [-0.2, 0) is 0 Å². The topological polar surface area (TPSA) is 21.3 Å². The number of rotatable bonds is 7. The van der Waals surface area contributed by atoms with Gasteiger partial charge >= 0.3 is 0 Å². The van der Waals surface area contributed by atoms with E-state index in [1.807, 2.05) is 12.1 Å². The van der Waals surface area contributed by atoms with Gasteiger partial charge in [-0.25, -0.2) is 0 Å². The Bertz CT molecular complexity index is 3910. The molecule has 0 aliphatic rings. The van der Waals surface area contributed by atoms with Gasteiger partial charge < -0.3 is 13.9 Å². The maximum Gasteiger partial charge on any atom is 0.143 e. The summed E-state index contributed by atoms with van der Waals surface area (Å²) in [6.45, 7) is 0. The van der Waals surface area contributed by atoms with Gasteiger partial charge in [0.2, 0.25) is 0 Å². The van der Waals surface area contributed by atoms with Crippen LogP contribution < -0.4 is 4.90 Å². The minimum absolute atomic E-state index is 0.906. The molecule has 13 aromatic rings. The molecule has 3 heteroatoms. The van der Waals surface area contributed by atoms with Crippen LogP contribution in [0.2, 0.25) is 0 Å². The number of nitrogens with zero attached hydrogens (tertiary/aromatic N) is 2. The molecule has 0 bridgehead atoms. The number of hydrogen-bond donors (Lipinski definition) is 0. The predicted molar refractivity (Wildman–Crippen MR) is 274 cm³/mol. The molecule has 0 unspecified atom stereocenters. The quantitative estimate of drug-likeness (QED) is 0.149. The van der Waals surface area contributed by atoms with Crippen LogP contribution >= 0.6 is 0 Å². The second kappa shape index (κ2) is 15.0. The minimum Gasteiger partial charge on any atom is -0.455 e. The molecule has 0 atom stereocenters. The lowest BCUT2D eigenvalue weighted by atomic mass is 9.97. The summed E-state index contributed by atoms with van der Waals surface area (Å²) < 4.78 is 8.87. The summed E-state index contributed by atoms with van der Waals surface area (Å²) in [7, 11) is 0. The Morgan fingerprint density at radius 2 is 0.877 bits per heavy atom. The molecule has 0 amide bonds. The van der Waals surface area contributed by atoms with Gasteiger partial charge in [-0.05, 0) is 111 Å². The van der Waals surface area contributed by atoms with Crippen molar-refractivity contribution in [2.75, 3.05) is 4.90 Å². The Balaban J connectivity index is 0.933. The Hall–Kier alpha value is -8.66. The first-order valence-corrected chi connectivity index (χ1v) is 22.2. The number of aromatic nitrogens is 1. The second-order valence-corrected chi connectivity index (χ2v) is 16.9. The highest BCUT2D eigenvalue weighted by molar-refractivity contribution is 6.11. The van der Waals surface area contributed by atoms with Crippen LogP contribution in [-0.4, -0.2) is 4.57 Å². The maximum absolute atomic E-state index is 6.45. The molecule has 0 aliphatic carbocycles. The van der Waals surface area contributed by atoms with Crippen LogP contribution in [0.4, 0.5) is 17.1 Å². The van der Waals surface area contributed by atoms with Crippen molar-refractivity contribution in [3.05, 3.63) is 243 Å². The Labute approximate surface area is 376 Å². The number of hydrogen-bond acceptors (Lipinski definition) is 2. The van der Waals surface area contributed by atoms with Gasteiger partial charge in [0.15, 0.2) is 0 Å². The third kappa shape index (κ3) is 6.12.